The number of hydrazone groups is 1. The van der Waals surface area contributed by atoms with Crippen LogP contribution in [0, 0.1) is 5.92 Å². The average Bonchev–Trinajstić information content (AvgIpc) is 2.75. The first-order valence-electron chi connectivity index (χ1n) is 9.83. The fraction of sp³-hybridized carbons (Fsp3) is 0.208. The van der Waals surface area contributed by atoms with Gasteiger partial charge >= 0.3 is 0 Å². The molecule has 0 fully saturated rings. The molecule has 0 radical (unpaired) electrons. The number of hydrogen-bond donors (Lipinski definition) is 1. The number of para-hydroxylation sites is 1. The second-order valence-corrected chi connectivity index (χ2v) is 7.28. The number of ether oxygens (including phenoxy) is 1. The summed E-state index contributed by atoms with van der Waals surface area (Å²) in [6.45, 7) is 5.12. The number of carbonyl (C=O) groups is 1. The first kappa shape index (κ1) is 21.0. The molecular formula is C24H25N3O3. The molecule has 0 atom stereocenters. The Balaban J connectivity index is 1.70. The van der Waals surface area contributed by atoms with E-state index in [0.717, 1.165) is 11.1 Å². The van der Waals surface area contributed by atoms with E-state index in [4.69, 9.17) is 4.74 Å². The highest BCUT2D eigenvalue weighted by Gasteiger charge is 2.12. The van der Waals surface area contributed by atoms with Crippen molar-refractivity contribution in [3.05, 3.63) is 100.0 Å². The lowest BCUT2D eigenvalue weighted by molar-refractivity contribution is 0.0953. The van der Waals surface area contributed by atoms with Gasteiger partial charge in [-0.25, -0.2) is 5.43 Å². The third kappa shape index (κ3) is 5.67. The highest BCUT2D eigenvalue weighted by Crippen LogP contribution is 2.16. The molecular weight excluding hydrogens is 378 g/mol. The van der Waals surface area contributed by atoms with Crippen molar-refractivity contribution < 1.29 is 9.53 Å². The molecule has 1 heterocycles. The Labute approximate surface area is 175 Å². The minimum Gasteiger partial charge on any atom is -0.493 e. The number of amides is 1. The van der Waals surface area contributed by atoms with Crippen LogP contribution in [-0.2, 0) is 6.54 Å². The maximum atomic E-state index is 12.7. The zero-order chi connectivity index (χ0) is 21.3. The van der Waals surface area contributed by atoms with Gasteiger partial charge in [-0.2, -0.15) is 5.10 Å². The Morgan fingerprint density at radius 1 is 1.07 bits per heavy atom. The Hall–Kier alpha value is -3.67. The standard InChI is InChI=1S/C24H25N3O3/c1-18(2)17-30-22-13-7-6-11-20(22)15-25-26-23(28)21-12-8-14-27(24(21)29)16-19-9-4-3-5-10-19/h3-15,18H,16-17H2,1-2H3,(H,26,28)/b25-15-. The predicted molar refractivity (Wildman–Crippen MR) is 118 cm³/mol. The van der Waals surface area contributed by atoms with E-state index < -0.39 is 5.91 Å². The van der Waals surface area contributed by atoms with Crippen molar-refractivity contribution in [2.24, 2.45) is 11.0 Å². The van der Waals surface area contributed by atoms with Gasteiger partial charge in [-0.05, 0) is 35.7 Å². The van der Waals surface area contributed by atoms with Crippen LogP contribution >= 0.6 is 0 Å². The maximum absolute atomic E-state index is 12.7. The fourth-order valence-corrected chi connectivity index (χ4v) is 2.81. The second-order valence-electron chi connectivity index (χ2n) is 7.28. The lowest BCUT2D eigenvalue weighted by Gasteiger charge is -2.10. The molecule has 0 saturated carbocycles. The van der Waals surface area contributed by atoms with E-state index in [0.29, 0.717) is 24.8 Å². The van der Waals surface area contributed by atoms with Gasteiger partial charge in [0.25, 0.3) is 11.5 Å². The Bertz CT molecular complexity index is 1070. The molecule has 1 N–H and O–H groups in total. The van der Waals surface area contributed by atoms with Gasteiger partial charge in [0.15, 0.2) is 0 Å². The highest BCUT2D eigenvalue weighted by atomic mass is 16.5. The summed E-state index contributed by atoms with van der Waals surface area (Å²) in [5, 5.41) is 4.01. The van der Waals surface area contributed by atoms with E-state index in [2.05, 4.69) is 24.4 Å². The monoisotopic (exact) mass is 403 g/mol. The third-order valence-electron chi connectivity index (χ3n) is 4.32. The van der Waals surface area contributed by atoms with Crippen molar-refractivity contribution in [3.63, 3.8) is 0 Å². The number of hydrogen-bond acceptors (Lipinski definition) is 4. The summed E-state index contributed by atoms with van der Waals surface area (Å²) < 4.78 is 7.28. The lowest BCUT2D eigenvalue weighted by Crippen LogP contribution is -2.30. The van der Waals surface area contributed by atoms with E-state index in [1.54, 1.807) is 12.3 Å². The first-order valence-corrected chi connectivity index (χ1v) is 9.83. The minimum absolute atomic E-state index is 0.0370. The Kier molecular flexibility index (Phi) is 7.16. The van der Waals surface area contributed by atoms with Crippen molar-refractivity contribution in [3.8, 4) is 5.75 Å². The van der Waals surface area contributed by atoms with Crippen LogP contribution in [-0.4, -0.2) is 23.3 Å². The quantitative estimate of drug-likeness (QED) is 0.460. The number of nitrogens with one attached hydrogen (secondary N) is 1. The summed E-state index contributed by atoms with van der Waals surface area (Å²) in [6, 6.07) is 20.2. The van der Waals surface area contributed by atoms with E-state index in [-0.39, 0.29) is 11.1 Å². The van der Waals surface area contributed by atoms with Crippen LogP contribution in [0.5, 0.6) is 5.75 Å². The van der Waals surface area contributed by atoms with Crippen LogP contribution in [0.3, 0.4) is 0 Å². The maximum Gasteiger partial charge on any atom is 0.276 e. The van der Waals surface area contributed by atoms with Crippen molar-refractivity contribution >= 4 is 12.1 Å². The van der Waals surface area contributed by atoms with Gasteiger partial charge in [-0.3, -0.25) is 9.59 Å². The van der Waals surface area contributed by atoms with Crippen LogP contribution in [0.15, 0.2) is 82.8 Å². The van der Waals surface area contributed by atoms with Gasteiger partial charge in [0, 0.05) is 11.8 Å². The molecule has 30 heavy (non-hydrogen) atoms. The molecule has 0 saturated heterocycles. The molecule has 154 valence electrons. The van der Waals surface area contributed by atoms with Crippen molar-refractivity contribution in [1.82, 2.24) is 9.99 Å². The van der Waals surface area contributed by atoms with E-state index in [1.807, 2.05) is 54.6 Å². The van der Waals surface area contributed by atoms with Crippen molar-refractivity contribution in [2.45, 2.75) is 20.4 Å². The van der Waals surface area contributed by atoms with Gasteiger partial charge in [-0.1, -0.05) is 56.3 Å². The molecule has 0 aliphatic rings. The number of carbonyl (C=O) groups excluding carboxylic acids is 1. The fourth-order valence-electron chi connectivity index (χ4n) is 2.81. The number of rotatable bonds is 8. The van der Waals surface area contributed by atoms with Gasteiger partial charge in [0.1, 0.15) is 11.3 Å². The van der Waals surface area contributed by atoms with Crippen molar-refractivity contribution in [2.75, 3.05) is 6.61 Å². The topological polar surface area (TPSA) is 72.7 Å². The third-order valence-corrected chi connectivity index (χ3v) is 4.32. The van der Waals surface area contributed by atoms with Gasteiger partial charge in [0.05, 0.1) is 19.4 Å². The lowest BCUT2D eigenvalue weighted by atomic mass is 10.2. The molecule has 6 heteroatoms. The largest absolute Gasteiger partial charge is 0.493 e. The SMILES string of the molecule is CC(C)COc1ccccc1/C=N\NC(=O)c1cccn(Cc2ccccc2)c1=O. The molecule has 3 rings (SSSR count). The molecule has 0 aliphatic carbocycles. The van der Waals surface area contributed by atoms with Crippen LogP contribution in [0.25, 0.3) is 0 Å². The summed E-state index contributed by atoms with van der Waals surface area (Å²) in [6.07, 6.45) is 3.18. The molecule has 6 nitrogen and oxygen atoms in total. The Morgan fingerprint density at radius 2 is 1.80 bits per heavy atom. The molecule has 1 amide bonds. The molecule has 0 unspecified atom stereocenters. The molecule has 1 aromatic heterocycles. The minimum atomic E-state index is -0.556. The molecule has 2 aromatic carbocycles. The summed E-state index contributed by atoms with van der Waals surface area (Å²) in [5.74, 6) is 0.527. The van der Waals surface area contributed by atoms with Gasteiger partial charge in [0.2, 0.25) is 0 Å². The summed E-state index contributed by atoms with van der Waals surface area (Å²) in [7, 11) is 0. The van der Waals surface area contributed by atoms with Gasteiger partial charge in [-0.15, -0.1) is 0 Å². The number of aromatic nitrogens is 1. The smallest absolute Gasteiger partial charge is 0.276 e. The van der Waals surface area contributed by atoms with E-state index in [1.165, 1.54) is 16.8 Å². The van der Waals surface area contributed by atoms with Crippen LogP contribution in [0.2, 0.25) is 0 Å². The Morgan fingerprint density at radius 3 is 2.57 bits per heavy atom. The van der Waals surface area contributed by atoms with E-state index in [9.17, 15) is 9.59 Å². The summed E-state index contributed by atoms with van der Waals surface area (Å²) in [4.78, 5) is 25.2. The highest BCUT2D eigenvalue weighted by molar-refractivity contribution is 5.94. The molecule has 0 bridgehead atoms. The average molecular weight is 403 g/mol. The number of benzene rings is 2. The summed E-state index contributed by atoms with van der Waals surface area (Å²) in [5.41, 5.74) is 3.83. The first-order chi connectivity index (χ1) is 14.5. The van der Waals surface area contributed by atoms with E-state index >= 15 is 0 Å². The molecule has 0 aliphatic heterocycles. The second kappa shape index (κ2) is 10.2. The predicted octanol–water partition coefficient (Wildman–Crippen LogP) is 3.70. The molecule has 0 spiro atoms. The number of nitrogens with zero attached hydrogens (tertiary/aromatic N) is 2. The zero-order valence-electron chi connectivity index (χ0n) is 17.1. The normalized spacial score (nSPS) is 11.0. The van der Waals surface area contributed by atoms with Crippen molar-refractivity contribution in [1.29, 1.82) is 0 Å². The van der Waals surface area contributed by atoms with Gasteiger partial charge < -0.3 is 9.30 Å². The van der Waals surface area contributed by atoms with Crippen LogP contribution in [0.4, 0.5) is 0 Å². The summed E-state index contributed by atoms with van der Waals surface area (Å²) >= 11 is 0. The van der Waals surface area contributed by atoms with Crippen LogP contribution < -0.4 is 15.7 Å². The zero-order valence-corrected chi connectivity index (χ0v) is 17.1. The number of pyridine rings is 1. The van der Waals surface area contributed by atoms with Crippen LogP contribution in [0.1, 0.15) is 35.3 Å². The molecule has 3 aromatic rings.